The van der Waals surface area contributed by atoms with Gasteiger partial charge in [0.2, 0.25) is 11.9 Å². The summed E-state index contributed by atoms with van der Waals surface area (Å²) < 4.78 is 0. The van der Waals surface area contributed by atoms with Crippen molar-refractivity contribution in [2.45, 2.75) is 45.1 Å². The van der Waals surface area contributed by atoms with Gasteiger partial charge < -0.3 is 9.80 Å². The first-order chi connectivity index (χ1) is 10.1. The van der Waals surface area contributed by atoms with E-state index in [0.29, 0.717) is 11.7 Å². The maximum atomic E-state index is 12.1. The third-order valence-electron chi connectivity index (χ3n) is 4.50. The molecule has 1 saturated heterocycles. The molecule has 2 aliphatic rings. The molecule has 21 heavy (non-hydrogen) atoms. The number of carbonyl (C=O) groups excluding carboxylic acids is 1. The second-order valence-corrected chi connectivity index (χ2v) is 6.25. The van der Waals surface area contributed by atoms with Gasteiger partial charge in [-0.05, 0) is 32.6 Å². The summed E-state index contributed by atoms with van der Waals surface area (Å²) in [6.45, 7) is 2.83. The molecule has 0 unspecified atom stereocenters. The van der Waals surface area contributed by atoms with Gasteiger partial charge in [-0.3, -0.25) is 4.79 Å². The Morgan fingerprint density at radius 2 is 1.95 bits per heavy atom. The molecule has 3 rings (SSSR count). The Balaban J connectivity index is 1.89. The molecule has 2 atom stereocenters. The van der Waals surface area contributed by atoms with Crippen LogP contribution in [0.4, 0.5) is 11.9 Å². The standard InChI is InChI=1S/C15H23N5O/c1-10-16-14(19(2)3)18-15(17-10)20-9-5-7-12(20)11-6-4-8-13(11)21/h11-12H,4-9H2,1-3H3/t11-,12-/m0/s1. The minimum Gasteiger partial charge on any atom is -0.347 e. The minimum absolute atomic E-state index is 0.173. The molecule has 0 amide bonds. The Bertz CT molecular complexity index is 545. The number of carbonyl (C=O) groups is 1. The zero-order valence-corrected chi connectivity index (χ0v) is 13.0. The van der Waals surface area contributed by atoms with Crippen molar-refractivity contribution in [2.24, 2.45) is 5.92 Å². The molecule has 1 aliphatic heterocycles. The Labute approximate surface area is 125 Å². The summed E-state index contributed by atoms with van der Waals surface area (Å²) in [5.41, 5.74) is 0. The highest BCUT2D eigenvalue weighted by Gasteiger charge is 2.39. The monoisotopic (exact) mass is 289 g/mol. The molecule has 2 heterocycles. The molecule has 1 aromatic heterocycles. The van der Waals surface area contributed by atoms with Gasteiger partial charge in [0.25, 0.3) is 0 Å². The van der Waals surface area contributed by atoms with E-state index in [9.17, 15) is 4.79 Å². The van der Waals surface area contributed by atoms with Crippen LogP contribution in [0.5, 0.6) is 0 Å². The minimum atomic E-state index is 0.173. The fourth-order valence-electron chi connectivity index (χ4n) is 3.49. The first-order valence-corrected chi connectivity index (χ1v) is 7.75. The lowest BCUT2D eigenvalue weighted by Crippen LogP contribution is -2.39. The van der Waals surface area contributed by atoms with Gasteiger partial charge in [-0.15, -0.1) is 0 Å². The number of anilines is 2. The third-order valence-corrected chi connectivity index (χ3v) is 4.50. The average molecular weight is 289 g/mol. The summed E-state index contributed by atoms with van der Waals surface area (Å²) in [6, 6.07) is 0.275. The SMILES string of the molecule is Cc1nc(N(C)C)nc(N2CCC[C@H]2[C@@H]2CCCC2=O)n1. The van der Waals surface area contributed by atoms with E-state index in [-0.39, 0.29) is 12.0 Å². The zero-order valence-electron chi connectivity index (χ0n) is 13.0. The van der Waals surface area contributed by atoms with Crippen LogP contribution in [-0.2, 0) is 4.79 Å². The Hall–Kier alpha value is -1.72. The maximum absolute atomic E-state index is 12.1. The molecule has 1 aliphatic carbocycles. The molecule has 114 valence electrons. The highest BCUT2D eigenvalue weighted by atomic mass is 16.1. The van der Waals surface area contributed by atoms with Crippen molar-refractivity contribution in [1.29, 1.82) is 0 Å². The molecule has 6 nitrogen and oxygen atoms in total. The smallest absolute Gasteiger partial charge is 0.230 e. The molecule has 0 N–H and O–H groups in total. The molecule has 0 spiro atoms. The van der Waals surface area contributed by atoms with Gasteiger partial charge in [0.1, 0.15) is 11.6 Å². The third kappa shape index (κ3) is 2.71. The Kier molecular flexibility index (Phi) is 3.78. The summed E-state index contributed by atoms with van der Waals surface area (Å²) >= 11 is 0. The lowest BCUT2D eigenvalue weighted by Gasteiger charge is -2.29. The molecule has 1 saturated carbocycles. The second kappa shape index (κ2) is 5.58. The number of hydrogen-bond donors (Lipinski definition) is 0. The van der Waals surface area contributed by atoms with Crippen LogP contribution in [-0.4, -0.2) is 47.4 Å². The number of Topliss-reactive ketones (excluding diaryl/α,β-unsaturated/α-hetero) is 1. The molecular weight excluding hydrogens is 266 g/mol. The van der Waals surface area contributed by atoms with E-state index in [1.165, 1.54) is 0 Å². The summed E-state index contributed by atoms with van der Waals surface area (Å²) in [5.74, 6) is 2.74. The van der Waals surface area contributed by atoms with E-state index in [1.54, 1.807) is 0 Å². The van der Waals surface area contributed by atoms with Crippen LogP contribution in [0.15, 0.2) is 0 Å². The highest BCUT2D eigenvalue weighted by Crippen LogP contribution is 2.35. The molecule has 0 bridgehead atoms. The molecule has 0 radical (unpaired) electrons. The van der Waals surface area contributed by atoms with Crippen molar-refractivity contribution in [2.75, 3.05) is 30.4 Å². The van der Waals surface area contributed by atoms with Crippen LogP contribution in [0.2, 0.25) is 0 Å². The molecule has 1 aromatic rings. The quantitative estimate of drug-likeness (QED) is 0.842. The van der Waals surface area contributed by atoms with Gasteiger partial charge in [-0.2, -0.15) is 15.0 Å². The van der Waals surface area contributed by atoms with E-state index < -0.39 is 0 Å². The van der Waals surface area contributed by atoms with Crippen LogP contribution in [0.3, 0.4) is 0 Å². The summed E-state index contributed by atoms with van der Waals surface area (Å²) in [6.07, 6.45) is 4.97. The molecule has 6 heteroatoms. The first-order valence-electron chi connectivity index (χ1n) is 7.75. The predicted molar refractivity (Wildman–Crippen MR) is 81.6 cm³/mol. The van der Waals surface area contributed by atoms with E-state index in [2.05, 4.69) is 19.9 Å². The lowest BCUT2D eigenvalue weighted by atomic mass is 9.95. The van der Waals surface area contributed by atoms with Gasteiger partial charge in [0.05, 0.1) is 0 Å². The van der Waals surface area contributed by atoms with Crippen molar-refractivity contribution < 1.29 is 4.79 Å². The van der Waals surface area contributed by atoms with Crippen molar-refractivity contribution in [3.63, 3.8) is 0 Å². The molecule has 2 fully saturated rings. The number of rotatable bonds is 3. The number of hydrogen-bond acceptors (Lipinski definition) is 6. The van der Waals surface area contributed by atoms with Gasteiger partial charge in [-0.25, -0.2) is 0 Å². The zero-order chi connectivity index (χ0) is 15.0. The highest BCUT2D eigenvalue weighted by molar-refractivity contribution is 5.84. The largest absolute Gasteiger partial charge is 0.347 e. The van der Waals surface area contributed by atoms with Gasteiger partial charge in [0, 0.05) is 39.0 Å². The fourth-order valence-corrected chi connectivity index (χ4v) is 3.49. The van der Waals surface area contributed by atoms with Crippen molar-refractivity contribution >= 4 is 17.7 Å². The summed E-state index contributed by atoms with van der Waals surface area (Å²) in [5, 5.41) is 0. The van der Waals surface area contributed by atoms with Crippen molar-refractivity contribution in [3.8, 4) is 0 Å². The van der Waals surface area contributed by atoms with E-state index in [4.69, 9.17) is 0 Å². The normalized spacial score (nSPS) is 25.7. The topological polar surface area (TPSA) is 62.2 Å². The first kappa shape index (κ1) is 14.2. The van der Waals surface area contributed by atoms with Crippen LogP contribution in [0.25, 0.3) is 0 Å². The van der Waals surface area contributed by atoms with Crippen LogP contribution >= 0.6 is 0 Å². The number of aryl methyl sites for hydroxylation is 1. The van der Waals surface area contributed by atoms with Gasteiger partial charge in [0.15, 0.2) is 0 Å². The maximum Gasteiger partial charge on any atom is 0.230 e. The molecular formula is C15H23N5O. The Morgan fingerprint density at radius 3 is 2.62 bits per heavy atom. The van der Waals surface area contributed by atoms with Crippen LogP contribution < -0.4 is 9.80 Å². The fraction of sp³-hybridized carbons (Fsp3) is 0.733. The summed E-state index contributed by atoms with van der Waals surface area (Å²) in [4.78, 5) is 29.7. The lowest BCUT2D eigenvalue weighted by molar-refractivity contribution is -0.121. The Morgan fingerprint density at radius 1 is 1.14 bits per heavy atom. The number of aromatic nitrogens is 3. The van der Waals surface area contributed by atoms with Crippen LogP contribution in [0.1, 0.15) is 37.9 Å². The van der Waals surface area contributed by atoms with Gasteiger partial charge in [-0.1, -0.05) is 0 Å². The van der Waals surface area contributed by atoms with Gasteiger partial charge >= 0.3 is 0 Å². The van der Waals surface area contributed by atoms with E-state index in [1.807, 2.05) is 25.9 Å². The van der Waals surface area contributed by atoms with Crippen molar-refractivity contribution in [1.82, 2.24) is 15.0 Å². The predicted octanol–water partition coefficient (Wildman–Crippen LogP) is 1.58. The summed E-state index contributed by atoms with van der Waals surface area (Å²) in [7, 11) is 3.86. The van der Waals surface area contributed by atoms with Crippen LogP contribution in [0, 0.1) is 12.8 Å². The number of ketones is 1. The second-order valence-electron chi connectivity index (χ2n) is 6.25. The van der Waals surface area contributed by atoms with E-state index >= 15 is 0 Å². The average Bonchev–Trinajstić information content (AvgIpc) is 3.05. The van der Waals surface area contributed by atoms with E-state index in [0.717, 1.165) is 50.4 Å². The molecule has 0 aromatic carbocycles. The number of nitrogens with zero attached hydrogens (tertiary/aromatic N) is 5. The van der Waals surface area contributed by atoms with Crippen molar-refractivity contribution in [3.05, 3.63) is 5.82 Å².